The van der Waals surface area contributed by atoms with Crippen LogP contribution in [0, 0.1) is 13.7 Å². The molecule has 1 heterocycles. The van der Waals surface area contributed by atoms with Crippen LogP contribution < -0.4 is 5.32 Å². The average molecular weight is 486 g/mol. The molecule has 0 spiro atoms. The molecule has 0 radical (unpaired) electrons. The molecule has 9 heteroatoms. The van der Waals surface area contributed by atoms with Crippen molar-refractivity contribution in [2.45, 2.75) is 0 Å². The van der Waals surface area contributed by atoms with Crippen molar-refractivity contribution in [1.82, 2.24) is 4.98 Å². The van der Waals surface area contributed by atoms with Crippen LogP contribution in [0.1, 0.15) is 10.4 Å². The number of thiazole rings is 1. The zero-order valence-electron chi connectivity index (χ0n) is 12.4. The molecule has 126 valence electrons. The molecule has 25 heavy (non-hydrogen) atoms. The molecule has 0 unspecified atom stereocenters. The van der Waals surface area contributed by atoms with Gasteiger partial charge in [0.05, 0.1) is 10.6 Å². The second-order valence-corrected chi connectivity index (χ2v) is 7.46. The number of nitrogens with one attached hydrogen (secondary N) is 1. The Balaban J connectivity index is 1.84. The molecule has 6 nitrogen and oxygen atoms in total. The Kier molecular flexibility index (Phi) is 5.30. The third-order valence-electron chi connectivity index (χ3n) is 3.26. The van der Waals surface area contributed by atoms with Gasteiger partial charge in [0.2, 0.25) is 0 Å². The predicted octanol–water partition coefficient (Wildman–Crippen LogP) is 5.23. The summed E-state index contributed by atoms with van der Waals surface area (Å²) in [4.78, 5) is 27.2. The largest absolute Gasteiger partial charge is 0.298 e. The number of aromatic nitrogens is 1. The molecule has 1 aromatic heterocycles. The highest BCUT2D eigenvalue weighted by molar-refractivity contribution is 14.1. The van der Waals surface area contributed by atoms with Gasteiger partial charge < -0.3 is 0 Å². The van der Waals surface area contributed by atoms with Gasteiger partial charge in [-0.25, -0.2) is 4.98 Å². The molecule has 0 aliphatic heterocycles. The fourth-order valence-electron chi connectivity index (χ4n) is 2.10. The third-order valence-corrected chi connectivity index (χ3v) is 4.98. The summed E-state index contributed by atoms with van der Waals surface area (Å²) >= 11 is 9.31. The molecule has 3 aromatic rings. The summed E-state index contributed by atoms with van der Waals surface area (Å²) in [5.74, 6) is -0.627. The molecule has 2 aromatic carbocycles. The third kappa shape index (κ3) is 4.14. The first kappa shape index (κ1) is 17.8. The van der Waals surface area contributed by atoms with Gasteiger partial charge in [0.25, 0.3) is 11.6 Å². The maximum Gasteiger partial charge on any atom is 0.282 e. The van der Waals surface area contributed by atoms with E-state index in [0.717, 1.165) is 14.8 Å². The highest BCUT2D eigenvalue weighted by atomic mass is 127. The van der Waals surface area contributed by atoms with Crippen molar-refractivity contribution in [3.05, 3.63) is 72.1 Å². The minimum atomic E-state index is -0.627. The highest BCUT2D eigenvalue weighted by Crippen LogP contribution is 2.27. The first-order valence-electron chi connectivity index (χ1n) is 6.91. The summed E-state index contributed by atoms with van der Waals surface area (Å²) in [5, 5.41) is 16.1. The minimum absolute atomic E-state index is 0.108. The van der Waals surface area contributed by atoms with E-state index < -0.39 is 10.8 Å². The van der Waals surface area contributed by atoms with Crippen LogP contribution in [-0.2, 0) is 0 Å². The Hall–Kier alpha value is -2.04. The summed E-state index contributed by atoms with van der Waals surface area (Å²) in [7, 11) is 0. The lowest BCUT2D eigenvalue weighted by atomic mass is 10.1. The average Bonchev–Trinajstić information content (AvgIpc) is 3.03. The summed E-state index contributed by atoms with van der Waals surface area (Å²) in [6, 6.07) is 11.6. The van der Waals surface area contributed by atoms with Gasteiger partial charge in [0.1, 0.15) is 5.56 Å². The van der Waals surface area contributed by atoms with Gasteiger partial charge in [0, 0.05) is 25.6 Å². The number of amides is 1. The molecule has 1 N–H and O–H groups in total. The number of hydrogen-bond donors (Lipinski definition) is 1. The van der Waals surface area contributed by atoms with E-state index in [2.05, 4.69) is 32.9 Å². The zero-order valence-corrected chi connectivity index (χ0v) is 16.1. The topological polar surface area (TPSA) is 85.1 Å². The van der Waals surface area contributed by atoms with Crippen LogP contribution in [-0.4, -0.2) is 15.8 Å². The van der Waals surface area contributed by atoms with Crippen molar-refractivity contribution < 1.29 is 9.72 Å². The van der Waals surface area contributed by atoms with Gasteiger partial charge in [-0.1, -0.05) is 23.7 Å². The Morgan fingerprint density at radius 2 is 1.96 bits per heavy atom. The van der Waals surface area contributed by atoms with E-state index in [9.17, 15) is 14.9 Å². The Morgan fingerprint density at radius 3 is 2.64 bits per heavy atom. The molecule has 0 aliphatic rings. The maximum atomic E-state index is 12.4. The summed E-state index contributed by atoms with van der Waals surface area (Å²) in [6.45, 7) is 0. The van der Waals surface area contributed by atoms with E-state index in [4.69, 9.17) is 11.6 Å². The van der Waals surface area contributed by atoms with Crippen molar-refractivity contribution in [1.29, 1.82) is 0 Å². The summed E-state index contributed by atoms with van der Waals surface area (Å²) < 4.78 is 1.11. The van der Waals surface area contributed by atoms with E-state index in [1.54, 1.807) is 0 Å². The van der Waals surface area contributed by atoms with E-state index in [1.165, 1.54) is 29.5 Å². The number of rotatable bonds is 4. The van der Waals surface area contributed by atoms with E-state index in [0.29, 0.717) is 5.13 Å². The number of nitro benzene ring substituents is 1. The van der Waals surface area contributed by atoms with Gasteiger partial charge in [-0.3, -0.25) is 20.2 Å². The molecule has 0 fully saturated rings. The molecule has 1 amide bonds. The van der Waals surface area contributed by atoms with Crippen molar-refractivity contribution in [3.8, 4) is 11.3 Å². The molecular formula is C16H9ClIN3O3S. The lowest BCUT2D eigenvalue weighted by Crippen LogP contribution is -2.13. The SMILES string of the molecule is O=C(Nc1nc(-c2ccc(I)cc2)cs1)c1cc(Cl)ccc1[N+](=O)[O-]. The van der Waals surface area contributed by atoms with Gasteiger partial charge in [-0.05, 0) is 46.9 Å². The summed E-state index contributed by atoms with van der Waals surface area (Å²) in [5.41, 5.74) is 1.23. The van der Waals surface area contributed by atoms with Crippen LogP contribution in [0.4, 0.5) is 10.8 Å². The monoisotopic (exact) mass is 485 g/mol. The van der Waals surface area contributed by atoms with Crippen LogP contribution >= 0.6 is 45.5 Å². The van der Waals surface area contributed by atoms with Gasteiger partial charge in [0.15, 0.2) is 5.13 Å². The lowest BCUT2D eigenvalue weighted by molar-refractivity contribution is -0.385. The predicted molar refractivity (Wildman–Crippen MR) is 106 cm³/mol. The van der Waals surface area contributed by atoms with Gasteiger partial charge >= 0.3 is 0 Å². The first-order valence-corrected chi connectivity index (χ1v) is 9.24. The molecule has 0 aliphatic carbocycles. The fourth-order valence-corrected chi connectivity index (χ4v) is 3.34. The second kappa shape index (κ2) is 7.46. The van der Waals surface area contributed by atoms with Crippen LogP contribution in [0.5, 0.6) is 0 Å². The number of carbonyl (C=O) groups is 1. The number of nitro groups is 1. The van der Waals surface area contributed by atoms with E-state index in [-0.39, 0.29) is 16.3 Å². The molecule has 3 rings (SSSR count). The zero-order chi connectivity index (χ0) is 18.0. The Labute approximate surface area is 165 Å². The van der Waals surface area contributed by atoms with Crippen molar-refractivity contribution in [3.63, 3.8) is 0 Å². The normalized spacial score (nSPS) is 10.5. The van der Waals surface area contributed by atoms with Gasteiger partial charge in [-0.2, -0.15) is 0 Å². The number of hydrogen-bond acceptors (Lipinski definition) is 5. The molecule has 0 saturated carbocycles. The smallest absolute Gasteiger partial charge is 0.282 e. The van der Waals surface area contributed by atoms with Crippen molar-refractivity contribution in [2.24, 2.45) is 0 Å². The fraction of sp³-hybridized carbons (Fsp3) is 0. The highest BCUT2D eigenvalue weighted by Gasteiger charge is 2.21. The molecular weight excluding hydrogens is 477 g/mol. The number of nitrogens with zero attached hydrogens (tertiary/aromatic N) is 2. The number of anilines is 1. The Bertz CT molecular complexity index is 960. The van der Waals surface area contributed by atoms with Crippen LogP contribution in [0.15, 0.2) is 47.8 Å². The number of benzene rings is 2. The lowest BCUT2D eigenvalue weighted by Gasteiger charge is -2.03. The quantitative estimate of drug-likeness (QED) is 0.312. The minimum Gasteiger partial charge on any atom is -0.298 e. The maximum absolute atomic E-state index is 12.4. The Morgan fingerprint density at radius 1 is 1.24 bits per heavy atom. The standard InChI is InChI=1S/C16H9ClIN3O3S/c17-10-3-6-14(21(23)24)12(7-10)15(22)20-16-19-13(8-25-16)9-1-4-11(18)5-2-9/h1-8H,(H,19,20,22). The second-order valence-electron chi connectivity index (χ2n) is 4.92. The van der Waals surface area contributed by atoms with Crippen LogP contribution in [0.3, 0.4) is 0 Å². The first-order chi connectivity index (χ1) is 11.9. The van der Waals surface area contributed by atoms with Crippen LogP contribution in [0.2, 0.25) is 5.02 Å². The van der Waals surface area contributed by atoms with Crippen molar-refractivity contribution in [2.75, 3.05) is 5.32 Å². The molecule has 0 saturated heterocycles. The van der Waals surface area contributed by atoms with Crippen molar-refractivity contribution >= 4 is 62.3 Å². The van der Waals surface area contributed by atoms with Crippen LogP contribution in [0.25, 0.3) is 11.3 Å². The van der Waals surface area contributed by atoms with Gasteiger partial charge in [-0.15, -0.1) is 11.3 Å². The summed E-state index contributed by atoms with van der Waals surface area (Å²) in [6.07, 6.45) is 0. The number of halogens is 2. The molecule has 0 atom stereocenters. The molecule has 0 bridgehead atoms. The van der Waals surface area contributed by atoms with E-state index >= 15 is 0 Å². The number of carbonyl (C=O) groups excluding carboxylic acids is 1. The van der Waals surface area contributed by atoms with E-state index in [1.807, 2.05) is 29.6 Å².